The van der Waals surface area contributed by atoms with Gasteiger partial charge in [0.25, 0.3) is 0 Å². The van der Waals surface area contributed by atoms with E-state index in [0.717, 1.165) is 43.3 Å². The van der Waals surface area contributed by atoms with Gasteiger partial charge in [-0.25, -0.2) is 0 Å². The predicted octanol–water partition coefficient (Wildman–Crippen LogP) is 4.09. The van der Waals surface area contributed by atoms with Gasteiger partial charge >= 0.3 is 0 Å². The van der Waals surface area contributed by atoms with Crippen LogP contribution in [-0.2, 0) is 14.3 Å². The Morgan fingerprint density at radius 2 is 1.75 bits per heavy atom. The van der Waals surface area contributed by atoms with Gasteiger partial charge in [-0.3, -0.25) is 0 Å². The molecule has 4 fully saturated rings. The lowest BCUT2D eigenvalue weighted by atomic mass is 9.38. The first kappa shape index (κ1) is 34.0. The lowest BCUT2D eigenvalue weighted by molar-refractivity contribution is -0.321. The zero-order valence-electron chi connectivity index (χ0n) is 27.5. The van der Waals surface area contributed by atoms with Crippen molar-refractivity contribution in [1.82, 2.24) is 0 Å². The molecule has 4 aliphatic carbocycles. The van der Waals surface area contributed by atoms with E-state index >= 15 is 0 Å². The van der Waals surface area contributed by atoms with Crippen LogP contribution in [0.25, 0.3) is 0 Å². The Balaban J connectivity index is 1.60. The summed E-state index contributed by atoms with van der Waals surface area (Å²) in [5.74, 6) is 0.607. The molecular weight excluding hydrogens is 560 g/mol. The van der Waals surface area contributed by atoms with Gasteiger partial charge < -0.3 is 39.8 Å². The van der Waals surface area contributed by atoms with E-state index in [9.17, 15) is 30.3 Å². The molecule has 8 nitrogen and oxygen atoms in total. The van der Waals surface area contributed by atoms with E-state index in [4.69, 9.17) is 9.47 Å². The van der Waals surface area contributed by atoms with Crippen LogP contribution >= 0.6 is 0 Å². The highest BCUT2D eigenvalue weighted by Crippen LogP contribution is 2.75. The summed E-state index contributed by atoms with van der Waals surface area (Å²) >= 11 is 0. The van der Waals surface area contributed by atoms with Crippen LogP contribution in [-0.4, -0.2) is 81.3 Å². The van der Waals surface area contributed by atoms with Gasteiger partial charge in [0.2, 0.25) is 0 Å². The number of hydrogen-bond donors (Lipinski definition) is 5. The number of ether oxygens (including phenoxy) is 2. The third-order valence-corrected chi connectivity index (χ3v) is 13.4. The van der Waals surface area contributed by atoms with Crippen LogP contribution in [0.2, 0.25) is 0 Å². The van der Waals surface area contributed by atoms with Crippen LogP contribution in [0.1, 0.15) is 86.5 Å². The minimum absolute atomic E-state index is 0.0330. The largest absolute Gasteiger partial charge is 0.394 e. The number of aliphatic hydroxyl groups is 5. The van der Waals surface area contributed by atoms with Gasteiger partial charge in [0.05, 0.1) is 18.8 Å². The van der Waals surface area contributed by atoms with E-state index in [1.807, 2.05) is 20.8 Å². The second-order valence-electron chi connectivity index (χ2n) is 15.9. The quantitative estimate of drug-likeness (QED) is 0.156. The van der Waals surface area contributed by atoms with Crippen molar-refractivity contribution in [2.75, 3.05) is 6.61 Å². The van der Waals surface area contributed by atoms with Crippen LogP contribution < -0.4 is 0 Å². The molecule has 0 radical (unpaired) electrons. The fraction of sp³-hybridized carbons (Fsp3) is 0.806. The van der Waals surface area contributed by atoms with Crippen LogP contribution in [0.4, 0.5) is 0 Å². The molecule has 1 saturated heterocycles. The summed E-state index contributed by atoms with van der Waals surface area (Å²) in [7, 11) is 0. The number of carbonyl (C=O) groups excluding carboxylic acids is 1. The lowest BCUT2D eigenvalue weighted by Gasteiger charge is -2.66. The third kappa shape index (κ3) is 5.02. The van der Waals surface area contributed by atoms with Crippen LogP contribution in [0.15, 0.2) is 36.0 Å². The smallest absolute Gasteiger partial charge is 0.187 e. The molecule has 3 saturated carbocycles. The van der Waals surface area contributed by atoms with E-state index < -0.39 is 60.4 Å². The number of aliphatic hydroxyl groups excluding tert-OH is 5. The first-order chi connectivity index (χ1) is 20.6. The standard InChI is InChI=1S/C36H56O8/c1-20(2)9-8-10-21(3)22-13-14-35(7)31-25(43-32-30(42)29(41)28(40)26(18-37)44-32)17-24-23(11-12-27(39)33(24,4)5)36(31,19-38)16-15-34(22,35)6/h8-9,17,19,21-23,25-32,37,39-42H,1,10-16,18H2,2-7H3/t21-,22-,23-,25+,26-,27+,28-,29+,30-,31+,32-,34-,35+,36-/m1/s1. The van der Waals surface area contributed by atoms with E-state index in [1.54, 1.807) is 0 Å². The summed E-state index contributed by atoms with van der Waals surface area (Å²) in [6.07, 6.45) is 5.25. The molecule has 5 N–H and O–H groups in total. The van der Waals surface area contributed by atoms with E-state index in [0.29, 0.717) is 24.7 Å². The zero-order chi connectivity index (χ0) is 32.4. The Kier molecular flexibility index (Phi) is 9.26. The molecule has 0 aromatic rings. The molecular formula is C36H56O8. The van der Waals surface area contributed by atoms with Gasteiger partial charge in [-0.15, -0.1) is 0 Å². The summed E-state index contributed by atoms with van der Waals surface area (Å²) in [5, 5.41) is 53.0. The monoisotopic (exact) mass is 616 g/mol. The third-order valence-electron chi connectivity index (χ3n) is 13.4. The van der Waals surface area contributed by atoms with Gasteiger partial charge in [-0.05, 0) is 80.5 Å². The number of rotatable bonds is 8. The minimum atomic E-state index is -1.56. The van der Waals surface area contributed by atoms with Crippen molar-refractivity contribution in [1.29, 1.82) is 0 Å². The van der Waals surface area contributed by atoms with Crippen molar-refractivity contribution >= 4 is 6.29 Å². The summed E-state index contributed by atoms with van der Waals surface area (Å²) in [5.41, 5.74) is 0.370. The highest BCUT2D eigenvalue weighted by Gasteiger charge is 2.71. The normalized spacial score (nSPS) is 49.0. The molecule has 44 heavy (non-hydrogen) atoms. The Labute approximate surface area is 263 Å². The molecule has 0 unspecified atom stereocenters. The Morgan fingerprint density at radius 1 is 1.05 bits per heavy atom. The van der Waals surface area contributed by atoms with Crippen molar-refractivity contribution in [3.63, 3.8) is 0 Å². The van der Waals surface area contributed by atoms with Crippen molar-refractivity contribution in [3.05, 3.63) is 36.0 Å². The number of hydrogen-bond acceptors (Lipinski definition) is 8. The molecule has 5 aliphatic rings. The molecule has 5 rings (SSSR count). The molecule has 0 spiro atoms. The van der Waals surface area contributed by atoms with Gasteiger partial charge in [0, 0.05) is 16.7 Å². The fourth-order valence-corrected chi connectivity index (χ4v) is 10.6. The highest BCUT2D eigenvalue weighted by atomic mass is 16.7. The van der Waals surface area contributed by atoms with Gasteiger partial charge in [0.1, 0.15) is 30.7 Å². The maximum absolute atomic E-state index is 13.7. The molecule has 8 heteroatoms. The summed E-state index contributed by atoms with van der Waals surface area (Å²) in [4.78, 5) is 13.7. The van der Waals surface area contributed by atoms with Crippen LogP contribution in [0.5, 0.6) is 0 Å². The van der Waals surface area contributed by atoms with Crippen molar-refractivity contribution < 1.29 is 39.8 Å². The topological polar surface area (TPSA) is 137 Å². The number of allylic oxidation sites excluding steroid dienone is 3. The average Bonchev–Trinajstić information content (AvgIpc) is 3.25. The SMILES string of the molecule is C=C(C)C=CC[C@@H](C)[C@H]1CC[C@@]2(C)[C@@H]3[C@@H](O[C@@H]4O[C@H](CO)[C@@H](O)[C@H](O)[C@H]4O)C=C4[C@@H](CC[C@H](O)C4(C)C)[C@]3(C=O)CC[C@]12C. The van der Waals surface area contributed by atoms with Gasteiger partial charge in [-0.2, -0.15) is 0 Å². The fourth-order valence-electron chi connectivity index (χ4n) is 10.6. The number of fused-ring (bicyclic) bond motifs is 5. The summed E-state index contributed by atoms with van der Waals surface area (Å²) in [6, 6.07) is 0. The van der Waals surface area contributed by atoms with Crippen LogP contribution in [0.3, 0.4) is 0 Å². The second-order valence-corrected chi connectivity index (χ2v) is 15.9. The first-order valence-corrected chi connectivity index (χ1v) is 16.7. The molecule has 1 aliphatic heterocycles. The van der Waals surface area contributed by atoms with Crippen molar-refractivity contribution in [3.8, 4) is 0 Å². The molecule has 1 heterocycles. The van der Waals surface area contributed by atoms with E-state index in [2.05, 4.69) is 45.6 Å². The average molecular weight is 617 g/mol. The Morgan fingerprint density at radius 3 is 2.39 bits per heavy atom. The predicted molar refractivity (Wildman–Crippen MR) is 167 cm³/mol. The number of carbonyl (C=O) groups is 1. The minimum Gasteiger partial charge on any atom is -0.394 e. The zero-order valence-corrected chi connectivity index (χ0v) is 27.5. The van der Waals surface area contributed by atoms with Crippen molar-refractivity contribution in [2.45, 2.75) is 129 Å². The van der Waals surface area contributed by atoms with Gasteiger partial charge in [-0.1, -0.05) is 70.6 Å². The Bertz CT molecular complexity index is 1160. The molecule has 0 aromatic heterocycles. The second kappa shape index (κ2) is 12.0. The summed E-state index contributed by atoms with van der Waals surface area (Å²) in [6.45, 7) is 16.6. The maximum Gasteiger partial charge on any atom is 0.187 e. The van der Waals surface area contributed by atoms with Crippen molar-refractivity contribution in [2.24, 2.45) is 45.3 Å². The molecule has 0 amide bonds. The highest BCUT2D eigenvalue weighted by molar-refractivity contribution is 5.65. The molecule has 14 atom stereocenters. The molecule has 248 valence electrons. The Hall–Kier alpha value is -1.39. The molecule has 0 aromatic carbocycles. The van der Waals surface area contributed by atoms with Gasteiger partial charge in [0.15, 0.2) is 6.29 Å². The first-order valence-electron chi connectivity index (χ1n) is 16.7. The maximum atomic E-state index is 13.7. The lowest BCUT2D eigenvalue weighted by Crippen LogP contribution is -2.66. The number of aldehydes is 1. The van der Waals surface area contributed by atoms with E-state index in [1.165, 1.54) is 6.29 Å². The summed E-state index contributed by atoms with van der Waals surface area (Å²) < 4.78 is 12.5. The van der Waals surface area contributed by atoms with E-state index in [-0.39, 0.29) is 22.7 Å². The molecule has 0 bridgehead atoms. The van der Waals surface area contributed by atoms with Crippen LogP contribution in [0, 0.1) is 45.3 Å².